The second-order valence-corrected chi connectivity index (χ2v) is 5.71. The number of nitrogens with one attached hydrogen (secondary N) is 1. The van der Waals surface area contributed by atoms with E-state index in [1.54, 1.807) is 0 Å². The summed E-state index contributed by atoms with van der Waals surface area (Å²) in [6, 6.07) is 18.2. The first-order valence-corrected chi connectivity index (χ1v) is 7.95. The van der Waals surface area contributed by atoms with Gasteiger partial charge in [0.1, 0.15) is 0 Å². The highest BCUT2D eigenvalue weighted by Gasteiger charge is 2.12. The molecule has 2 aromatic carbocycles. The fourth-order valence-corrected chi connectivity index (χ4v) is 2.82. The molecule has 3 heteroatoms. The molecule has 0 saturated carbocycles. The summed E-state index contributed by atoms with van der Waals surface area (Å²) in [5, 5.41) is 3.33. The minimum Gasteiger partial charge on any atom is -0.314 e. The Balaban J connectivity index is 1.59. The van der Waals surface area contributed by atoms with E-state index in [0.717, 1.165) is 43.9 Å². The van der Waals surface area contributed by atoms with E-state index in [0.29, 0.717) is 6.42 Å². The summed E-state index contributed by atoms with van der Waals surface area (Å²) in [5.74, 6) is 0.234. The van der Waals surface area contributed by atoms with Crippen molar-refractivity contribution in [2.24, 2.45) is 0 Å². The lowest BCUT2D eigenvalue weighted by Gasteiger charge is -2.26. The second-order valence-electron chi connectivity index (χ2n) is 5.71. The molecule has 3 nitrogen and oxygen atoms in total. The highest BCUT2D eigenvalue weighted by Crippen LogP contribution is 2.19. The van der Waals surface area contributed by atoms with E-state index in [9.17, 15) is 4.79 Å². The molecule has 1 fully saturated rings. The zero-order valence-electron chi connectivity index (χ0n) is 12.8. The Kier molecular flexibility index (Phi) is 4.99. The summed E-state index contributed by atoms with van der Waals surface area (Å²) < 4.78 is 0. The molecule has 0 bridgehead atoms. The summed E-state index contributed by atoms with van der Waals surface area (Å²) in [4.78, 5) is 14.6. The Morgan fingerprint density at radius 2 is 1.55 bits per heavy atom. The zero-order valence-corrected chi connectivity index (χ0v) is 12.8. The van der Waals surface area contributed by atoms with Crippen LogP contribution in [-0.4, -0.2) is 43.4 Å². The molecule has 22 heavy (non-hydrogen) atoms. The Morgan fingerprint density at radius 1 is 0.909 bits per heavy atom. The van der Waals surface area contributed by atoms with Crippen LogP contribution < -0.4 is 5.32 Å². The van der Waals surface area contributed by atoms with Crippen LogP contribution in [0, 0.1) is 0 Å². The van der Waals surface area contributed by atoms with E-state index >= 15 is 0 Å². The Bertz CT molecular complexity index is 601. The molecule has 1 aliphatic heterocycles. The van der Waals surface area contributed by atoms with Gasteiger partial charge in [0.25, 0.3) is 0 Å². The van der Waals surface area contributed by atoms with Crippen LogP contribution in [0.25, 0.3) is 11.1 Å². The molecule has 0 radical (unpaired) electrons. The quantitative estimate of drug-likeness (QED) is 0.861. The molecule has 0 aromatic heterocycles. The maximum atomic E-state index is 12.3. The summed E-state index contributed by atoms with van der Waals surface area (Å²) in [5.41, 5.74) is 3.15. The first-order chi connectivity index (χ1) is 10.8. The van der Waals surface area contributed by atoms with Gasteiger partial charge in [0, 0.05) is 44.7 Å². The molecule has 0 aliphatic carbocycles. The molecule has 1 aliphatic rings. The van der Waals surface area contributed by atoms with Gasteiger partial charge in [-0.1, -0.05) is 54.6 Å². The SMILES string of the molecule is O=C(CCN1CCNCC1)c1ccc(-c2ccccc2)cc1. The first-order valence-electron chi connectivity index (χ1n) is 7.95. The normalized spacial score (nSPS) is 15.6. The number of carbonyl (C=O) groups is 1. The first kappa shape index (κ1) is 14.9. The van der Waals surface area contributed by atoms with Crippen molar-refractivity contribution >= 4 is 5.78 Å². The van der Waals surface area contributed by atoms with Crippen molar-refractivity contribution in [2.45, 2.75) is 6.42 Å². The standard InChI is InChI=1S/C19H22N2O/c22-19(10-13-21-14-11-20-12-15-21)18-8-6-17(7-9-18)16-4-2-1-3-5-16/h1-9,20H,10-15H2. The highest BCUT2D eigenvalue weighted by molar-refractivity contribution is 5.96. The molecule has 1 saturated heterocycles. The third-order valence-corrected chi connectivity index (χ3v) is 4.18. The van der Waals surface area contributed by atoms with E-state index in [-0.39, 0.29) is 5.78 Å². The molecule has 0 atom stereocenters. The summed E-state index contributed by atoms with van der Waals surface area (Å²) in [6.45, 7) is 5.00. The van der Waals surface area contributed by atoms with Crippen LogP contribution in [-0.2, 0) is 0 Å². The van der Waals surface area contributed by atoms with Gasteiger partial charge in [-0.3, -0.25) is 4.79 Å². The van der Waals surface area contributed by atoms with E-state index in [1.165, 1.54) is 5.56 Å². The molecule has 2 aromatic rings. The molecule has 1 N–H and O–H groups in total. The minimum atomic E-state index is 0.234. The van der Waals surface area contributed by atoms with Crippen LogP contribution in [0.3, 0.4) is 0 Å². The van der Waals surface area contributed by atoms with Gasteiger partial charge in [-0.05, 0) is 11.1 Å². The lowest BCUT2D eigenvalue weighted by Crippen LogP contribution is -2.44. The monoisotopic (exact) mass is 294 g/mol. The van der Waals surface area contributed by atoms with Crippen molar-refractivity contribution in [1.82, 2.24) is 10.2 Å². The van der Waals surface area contributed by atoms with Crippen molar-refractivity contribution in [1.29, 1.82) is 0 Å². The molecular weight excluding hydrogens is 272 g/mol. The van der Waals surface area contributed by atoms with Gasteiger partial charge in [-0.15, -0.1) is 0 Å². The van der Waals surface area contributed by atoms with E-state index in [1.807, 2.05) is 42.5 Å². The van der Waals surface area contributed by atoms with Gasteiger partial charge in [0.2, 0.25) is 0 Å². The van der Waals surface area contributed by atoms with E-state index in [4.69, 9.17) is 0 Å². The average Bonchev–Trinajstić information content (AvgIpc) is 2.61. The van der Waals surface area contributed by atoms with Gasteiger partial charge in [0.05, 0.1) is 0 Å². The van der Waals surface area contributed by atoms with Crippen LogP contribution >= 0.6 is 0 Å². The van der Waals surface area contributed by atoms with E-state index in [2.05, 4.69) is 22.3 Å². The van der Waals surface area contributed by atoms with Crippen LogP contribution in [0.5, 0.6) is 0 Å². The fraction of sp³-hybridized carbons (Fsp3) is 0.316. The average molecular weight is 294 g/mol. The highest BCUT2D eigenvalue weighted by atomic mass is 16.1. The predicted octanol–water partition coefficient (Wildman–Crippen LogP) is 2.83. The maximum absolute atomic E-state index is 12.3. The van der Waals surface area contributed by atoms with Crippen LogP contribution in [0.2, 0.25) is 0 Å². The van der Waals surface area contributed by atoms with Crippen molar-refractivity contribution in [3.05, 3.63) is 60.2 Å². The smallest absolute Gasteiger partial charge is 0.164 e. The van der Waals surface area contributed by atoms with Crippen LogP contribution in [0.1, 0.15) is 16.8 Å². The number of rotatable bonds is 5. The molecular formula is C19H22N2O. The predicted molar refractivity (Wildman–Crippen MR) is 90.1 cm³/mol. The lowest BCUT2D eigenvalue weighted by molar-refractivity contribution is 0.0960. The Morgan fingerprint density at radius 3 is 2.23 bits per heavy atom. The summed E-state index contributed by atoms with van der Waals surface area (Å²) in [6.07, 6.45) is 0.602. The molecule has 0 spiro atoms. The summed E-state index contributed by atoms with van der Waals surface area (Å²) >= 11 is 0. The molecule has 0 unspecified atom stereocenters. The lowest BCUT2D eigenvalue weighted by atomic mass is 10.0. The Labute approximate surface area is 132 Å². The zero-order chi connectivity index (χ0) is 15.2. The van der Waals surface area contributed by atoms with Gasteiger partial charge < -0.3 is 10.2 Å². The number of piperazine rings is 1. The fourth-order valence-electron chi connectivity index (χ4n) is 2.82. The number of hydrogen-bond acceptors (Lipinski definition) is 3. The molecule has 3 rings (SSSR count). The molecule has 1 heterocycles. The third-order valence-electron chi connectivity index (χ3n) is 4.18. The largest absolute Gasteiger partial charge is 0.314 e. The third kappa shape index (κ3) is 3.81. The molecule has 0 amide bonds. The number of Topliss-reactive ketones (excluding diaryl/α,β-unsaturated/α-hetero) is 1. The van der Waals surface area contributed by atoms with Crippen molar-refractivity contribution in [3.63, 3.8) is 0 Å². The van der Waals surface area contributed by atoms with Gasteiger partial charge in [0.15, 0.2) is 5.78 Å². The number of nitrogens with zero attached hydrogens (tertiary/aromatic N) is 1. The Hall–Kier alpha value is -1.97. The van der Waals surface area contributed by atoms with Crippen molar-refractivity contribution in [3.8, 4) is 11.1 Å². The van der Waals surface area contributed by atoms with Crippen molar-refractivity contribution < 1.29 is 4.79 Å². The number of hydrogen-bond donors (Lipinski definition) is 1. The number of carbonyl (C=O) groups excluding carboxylic acids is 1. The number of ketones is 1. The van der Waals surface area contributed by atoms with Gasteiger partial charge in [-0.25, -0.2) is 0 Å². The topological polar surface area (TPSA) is 32.3 Å². The maximum Gasteiger partial charge on any atom is 0.164 e. The number of benzene rings is 2. The molecule has 114 valence electrons. The van der Waals surface area contributed by atoms with Crippen LogP contribution in [0.4, 0.5) is 0 Å². The minimum absolute atomic E-state index is 0.234. The van der Waals surface area contributed by atoms with Gasteiger partial charge >= 0.3 is 0 Å². The van der Waals surface area contributed by atoms with Crippen molar-refractivity contribution in [2.75, 3.05) is 32.7 Å². The van der Waals surface area contributed by atoms with E-state index < -0.39 is 0 Å². The second kappa shape index (κ2) is 7.34. The van der Waals surface area contributed by atoms with Crippen LogP contribution in [0.15, 0.2) is 54.6 Å². The summed E-state index contributed by atoms with van der Waals surface area (Å²) in [7, 11) is 0. The van der Waals surface area contributed by atoms with Gasteiger partial charge in [-0.2, -0.15) is 0 Å².